The minimum atomic E-state index is -0.205. The summed E-state index contributed by atoms with van der Waals surface area (Å²) in [5.41, 5.74) is 0.902. The number of aliphatic imine (C=N–C) groups is 1. The Hall–Kier alpha value is -2.43. The van der Waals surface area contributed by atoms with E-state index in [1.807, 2.05) is 6.92 Å². The van der Waals surface area contributed by atoms with Gasteiger partial charge in [0.15, 0.2) is 5.96 Å². The fourth-order valence-electron chi connectivity index (χ4n) is 3.26. The van der Waals surface area contributed by atoms with Gasteiger partial charge in [-0.25, -0.2) is 9.98 Å². The van der Waals surface area contributed by atoms with Crippen LogP contribution in [0.2, 0.25) is 0 Å². The fourth-order valence-corrected chi connectivity index (χ4v) is 3.26. The number of imide groups is 1. The Balaban J connectivity index is 0.00000363. The lowest BCUT2D eigenvalue weighted by atomic mass is 9.94. The molecule has 0 unspecified atom stereocenters. The molecule has 0 radical (unpaired) electrons. The third kappa shape index (κ3) is 6.30. The molecule has 0 saturated heterocycles. The number of amides is 2. The van der Waals surface area contributed by atoms with Gasteiger partial charge in [-0.2, -0.15) is 0 Å². The number of carbonyl (C=O) groups excluding carboxylic acids is 2. The topological polar surface area (TPSA) is 99.8 Å². The van der Waals surface area contributed by atoms with Crippen molar-refractivity contribution in [3.05, 3.63) is 53.2 Å². The van der Waals surface area contributed by atoms with Crippen LogP contribution in [0.25, 0.3) is 0 Å². The maximum absolute atomic E-state index is 12.4. The van der Waals surface area contributed by atoms with E-state index in [9.17, 15) is 9.59 Å². The number of benzene rings is 1. The molecule has 0 saturated carbocycles. The highest BCUT2D eigenvalue weighted by molar-refractivity contribution is 14.0. The van der Waals surface area contributed by atoms with Crippen LogP contribution >= 0.6 is 24.0 Å². The number of hydrogen-bond donors (Lipinski definition) is 2. The molecule has 32 heavy (non-hydrogen) atoms. The first-order chi connectivity index (χ1) is 14.8. The fraction of sp³-hybridized carbons (Fsp3) is 0.478. The van der Waals surface area contributed by atoms with Crippen LogP contribution in [0.5, 0.6) is 0 Å². The van der Waals surface area contributed by atoms with Gasteiger partial charge in [0, 0.05) is 25.0 Å². The van der Waals surface area contributed by atoms with Crippen molar-refractivity contribution in [1.29, 1.82) is 0 Å². The molecule has 1 aromatic heterocycles. The monoisotopic (exact) mass is 553 g/mol. The van der Waals surface area contributed by atoms with Gasteiger partial charge >= 0.3 is 0 Å². The maximum atomic E-state index is 12.4. The van der Waals surface area contributed by atoms with E-state index in [0.29, 0.717) is 49.0 Å². The van der Waals surface area contributed by atoms with Gasteiger partial charge in [0.1, 0.15) is 12.3 Å². The molecule has 2 heterocycles. The van der Waals surface area contributed by atoms with Crippen LogP contribution in [-0.4, -0.2) is 47.3 Å². The summed E-state index contributed by atoms with van der Waals surface area (Å²) < 4.78 is 5.78. The molecule has 8 nitrogen and oxygen atoms in total. The number of unbranched alkanes of at least 4 members (excludes halogenated alkanes) is 1. The van der Waals surface area contributed by atoms with Crippen LogP contribution in [0.3, 0.4) is 0 Å². The van der Waals surface area contributed by atoms with Crippen LogP contribution in [0.4, 0.5) is 0 Å². The van der Waals surface area contributed by atoms with E-state index < -0.39 is 0 Å². The highest BCUT2D eigenvalue weighted by atomic mass is 127. The Bertz CT molecular complexity index is 930. The number of carbonyl (C=O) groups is 2. The van der Waals surface area contributed by atoms with Gasteiger partial charge in [0.05, 0.1) is 17.3 Å². The molecular formula is C23H32IN5O3. The number of hydrogen-bond acceptors (Lipinski definition) is 5. The third-order valence-corrected chi connectivity index (χ3v) is 4.99. The van der Waals surface area contributed by atoms with E-state index in [2.05, 4.69) is 41.4 Å². The average molecular weight is 553 g/mol. The van der Waals surface area contributed by atoms with Crippen molar-refractivity contribution < 1.29 is 14.0 Å². The molecule has 174 valence electrons. The summed E-state index contributed by atoms with van der Waals surface area (Å²) in [5.74, 6) is 1.68. The number of oxazole rings is 1. The second kappa shape index (κ2) is 11.4. The number of fused-ring (bicyclic) bond motifs is 1. The van der Waals surface area contributed by atoms with Gasteiger partial charge in [-0.1, -0.05) is 32.9 Å². The minimum absolute atomic E-state index is 0. The highest BCUT2D eigenvalue weighted by Crippen LogP contribution is 2.23. The third-order valence-electron chi connectivity index (χ3n) is 4.99. The predicted octanol–water partition coefficient (Wildman–Crippen LogP) is 3.72. The number of guanidine groups is 1. The standard InChI is InChI=1S/C23H31N5O3.HI/c1-5-24-22(27-15-19-26-14-18(31-19)23(2,3)4)25-12-8-9-13-28-20(29)16-10-6-7-11-17(16)21(28)30;/h6-7,10-11,14H,5,8-9,12-13,15H2,1-4H3,(H2,24,25,27);1H. The summed E-state index contributed by atoms with van der Waals surface area (Å²) in [7, 11) is 0. The lowest BCUT2D eigenvalue weighted by Crippen LogP contribution is -2.38. The molecule has 2 N–H and O–H groups in total. The van der Waals surface area contributed by atoms with E-state index in [-0.39, 0.29) is 41.2 Å². The highest BCUT2D eigenvalue weighted by Gasteiger charge is 2.34. The van der Waals surface area contributed by atoms with Crippen LogP contribution in [0.15, 0.2) is 39.9 Å². The van der Waals surface area contributed by atoms with Crippen molar-refractivity contribution in [3.63, 3.8) is 0 Å². The van der Waals surface area contributed by atoms with E-state index in [1.54, 1.807) is 30.5 Å². The van der Waals surface area contributed by atoms with Gasteiger partial charge in [0.2, 0.25) is 5.89 Å². The maximum Gasteiger partial charge on any atom is 0.261 e. The van der Waals surface area contributed by atoms with E-state index >= 15 is 0 Å². The summed E-state index contributed by atoms with van der Waals surface area (Å²) >= 11 is 0. The van der Waals surface area contributed by atoms with E-state index in [4.69, 9.17) is 4.42 Å². The summed E-state index contributed by atoms with van der Waals surface area (Å²) in [6.07, 6.45) is 3.27. The number of nitrogens with one attached hydrogen (secondary N) is 2. The molecule has 0 atom stereocenters. The van der Waals surface area contributed by atoms with Crippen LogP contribution in [0, 0.1) is 0 Å². The smallest absolute Gasteiger partial charge is 0.261 e. The van der Waals surface area contributed by atoms with Crippen molar-refractivity contribution in [3.8, 4) is 0 Å². The van der Waals surface area contributed by atoms with Gasteiger partial charge in [-0.05, 0) is 31.9 Å². The molecule has 0 fully saturated rings. The molecule has 9 heteroatoms. The molecular weight excluding hydrogens is 521 g/mol. The van der Waals surface area contributed by atoms with Crippen molar-refractivity contribution in [2.45, 2.75) is 52.5 Å². The van der Waals surface area contributed by atoms with Crippen molar-refractivity contribution in [2.24, 2.45) is 4.99 Å². The van der Waals surface area contributed by atoms with Crippen LogP contribution in [-0.2, 0) is 12.0 Å². The number of aromatic nitrogens is 1. The molecule has 3 rings (SSSR count). The largest absolute Gasteiger partial charge is 0.443 e. The number of rotatable bonds is 8. The lowest BCUT2D eigenvalue weighted by Gasteiger charge is -2.14. The van der Waals surface area contributed by atoms with Crippen molar-refractivity contribution >= 4 is 41.8 Å². The zero-order chi connectivity index (χ0) is 22.4. The molecule has 1 aliphatic heterocycles. The second-order valence-electron chi connectivity index (χ2n) is 8.50. The minimum Gasteiger partial charge on any atom is -0.443 e. The van der Waals surface area contributed by atoms with E-state index in [1.165, 1.54) is 4.90 Å². The normalized spacial score (nSPS) is 13.8. The molecule has 2 aromatic rings. The molecule has 1 aliphatic rings. The first-order valence-corrected chi connectivity index (χ1v) is 10.7. The molecule has 0 bridgehead atoms. The average Bonchev–Trinajstić information content (AvgIpc) is 3.31. The Morgan fingerprint density at radius 3 is 2.31 bits per heavy atom. The van der Waals surface area contributed by atoms with Gasteiger partial charge < -0.3 is 15.1 Å². The quantitative estimate of drug-likeness (QED) is 0.170. The lowest BCUT2D eigenvalue weighted by molar-refractivity contribution is 0.0652. The summed E-state index contributed by atoms with van der Waals surface area (Å²) in [5, 5.41) is 6.47. The zero-order valence-corrected chi connectivity index (χ0v) is 21.4. The van der Waals surface area contributed by atoms with Crippen molar-refractivity contribution in [2.75, 3.05) is 19.6 Å². The van der Waals surface area contributed by atoms with Crippen LogP contribution < -0.4 is 10.6 Å². The Kier molecular flexibility index (Phi) is 9.23. The second-order valence-corrected chi connectivity index (χ2v) is 8.50. The number of nitrogens with zero attached hydrogens (tertiary/aromatic N) is 3. The van der Waals surface area contributed by atoms with Gasteiger partial charge in [-0.15, -0.1) is 24.0 Å². The number of halogens is 1. The van der Waals surface area contributed by atoms with Gasteiger partial charge in [0.25, 0.3) is 11.8 Å². The zero-order valence-electron chi connectivity index (χ0n) is 19.1. The summed E-state index contributed by atoms with van der Waals surface area (Å²) in [4.78, 5) is 34.9. The molecule has 2 amide bonds. The predicted molar refractivity (Wildman–Crippen MR) is 134 cm³/mol. The van der Waals surface area contributed by atoms with Crippen LogP contribution in [0.1, 0.15) is 72.9 Å². The summed E-state index contributed by atoms with van der Waals surface area (Å²) in [6, 6.07) is 6.96. The molecule has 0 aliphatic carbocycles. The molecule has 0 spiro atoms. The Labute approximate surface area is 206 Å². The Morgan fingerprint density at radius 1 is 1.09 bits per heavy atom. The van der Waals surface area contributed by atoms with E-state index in [0.717, 1.165) is 18.7 Å². The molecule has 1 aromatic carbocycles. The van der Waals surface area contributed by atoms with Gasteiger partial charge in [-0.3, -0.25) is 14.5 Å². The van der Waals surface area contributed by atoms with Crippen molar-refractivity contribution in [1.82, 2.24) is 20.5 Å². The SMILES string of the molecule is CCNC(=NCc1ncc(C(C)(C)C)o1)NCCCCN1C(=O)c2ccccc2C1=O.I. The first kappa shape index (κ1) is 25.8. The first-order valence-electron chi connectivity index (χ1n) is 10.7. The summed E-state index contributed by atoms with van der Waals surface area (Å²) in [6.45, 7) is 10.4. The Morgan fingerprint density at radius 2 is 1.75 bits per heavy atom.